The molecule has 4 heteroatoms. The third-order valence-electron chi connectivity index (χ3n) is 3.31. The molecule has 0 aliphatic rings. The van der Waals surface area contributed by atoms with Crippen molar-refractivity contribution in [2.45, 2.75) is 6.92 Å². The number of thiocarbonyl (C=S) groups is 1. The van der Waals surface area contributed by atoms with Crippen molar-refractivity contribution in [2.75, 3.05) is 5.32 Å². The zero-order valence-electron chi connectivity index (χ0n) is 11.6. The standard InChI is InChI=1S/C17H15N3S/c1-11-5-6-12-3-2-4-15(16(12)19-11)20-14-9-7-13(8-10-14)17(18)21/h2-10,20H,1H3,(H2,18,21). The molecule has 1 aromatic heterocycles. The lowest BCUT2D eigenvalue weighted by atomic mass is 10.1. The van der Waals surface area contributed by atoms with E-state index in [0.29, 0.717) is 4.99 Å². The number of benzene rings is 2. The highest BCUT2D eigenvalue weighted by Crippen LogP contribution is 2.25. The van der Waals surface area contributed by atoms with Gasteiger partial charge < -0.3 is 11.1 Å². The van der Waals surface area contributed by atoms with Gasteiger partial charge in [0.05, 0.1) is 11.2 Å². The Morgan fingerprint density at radius 3 is 2.52 bits per heavy atom. The van der Waals surface area contributed by atoms with Crippen molar-refractivity contribution >= 4 is 39.5 Å². The number of nitrogens with one attached hydrogen (secondary N) is 1. The predicted octanol–water partition coefficient (Wildman–Crippen LogP) is 3.92. The van der Waals surface area contributed by atoms with E-state index in [1.807, 2.05) is 49.4 Å². The number of nitrogens with two attached hydrogens (primary N) is 1. The van der Waals surface area contributed by atoms with Crippen molar-refractivity contribution in [2.24, 2.45) is 5.73 Å². The van der Waals surface area contributed by atoms with Gasteiger partial charge in [-0.3, -0.25) is 4.98 Å². The Morgan fingerprint density at radius 1 is 1.05 bits per heavy atom. The van der Waals surface area contributed by atoms with Crippen LogP contribution in [0.15, 0.2) is 54.6 Å². The summed E-state index contributed by atoms with van der Waals surface area (Å²) >= 11 is 4.96. The summed E-state index contributed by atoms with van der Waals surface area (Å²) < 4.78 is 0. The Hall–Kier alpha value is -2.46. The summed E-state index contributed by atoms with van der Waals surface area (Å²) in [5.41, 5.74) is 10.4. The second kappa shape index (κ2) is 5.50. The first-order valence-corrected chi connectivity index (χ1v) is 7.07. The van der Waals surface area contributed by atoms with E-state index in [1.165, 1.54) is 0 Å². The van der Waals surface area contributed by atoms with E-state index in [2.05, 4.69) is 22.4 Å². The maximum Gasteiger partial charge on any atom is 0.103 e. The summed E-state index contributed by atoms with van der Waals surface area (Å²) in [5.74, 6) is 0. The molecule has 3 N–H and O–H groups in total. The van der Waals surface area contributed by atoms with E-state index in [9.17, 15) is 0 Å². The number of hydrogen-bond donors (Lipinski definition) is 2. The molecular formula is C17H15N3S. The second-order valence-corrected chi connectivity index (χ2v) is 5.34. The van der Waals surface area contributed by atoms with Crippen LogP contribution in [-0.4, -0.2) is 9.97 Å². The van der Waals surface area contributed by atoms with Gasteiger partial charge in [-0.2, -0.15) is 0 Å². The van der Waals surface area contributed by atoms with Crippen molar-refractivity contribution in [1.29, 1.82) is 0 Å². The van der Waals surface area contributed by atoms with Crippen LogP contribution in [0.3, 0.4) is 0 Å². The zero-order valence-corrected chi connectivity index (χ0v) is 12.4. The zero-order chi connectivity index (χ0) is 14.8. The molecule has 0 fully saturated rings. The molecule has 0 aliphatic heterocycles. The van der Waals surface area contributed by atoms with E-state index >= 15 is 0 Å². The Morgan fingerprint density at radius 2 is 1.81 bits per heavy atom. The quantitative estimate of drug-likeness (QED) is 0.719. The fourth-order valence-corrected chi connectivity index (χ4v) is 2.35. The van der Waals surface area contributed by atoms with Crippen molar-refractivity contribution in [3.8, 4) is 0 Å². The topological polar surface area (TPSA) is 50.9 Å². The number of aromatic nitrogens is 1. The molecule has 0 unspecified atom stereocenters. The van der Waals surface area contributed by atoms with Crippen LogP contribution in [0.5, 0.6) is 0 Å². The second-order valence-electron chi connectivity index (χ2n) is 4.90. The maximum atomic E-state index is 5.61. The van der Waals surface area contributed by atoms with Crippen molar-refractivity contribution in [3.63, 3.8) is 0 Å². The Balaban J connectivity index is 1.97. The molecule has 3 rings (SSSR count). The summed E-state index contributed by atoms with van der Waals surface area (Å²) in [5, 5.41) is 4.51. The molecule has 0 aliphatic carbocycles. The first-order chi connectivity index (χ1) is 10.1. The van der Waals surface area contributed by atoms with E-state index in [4.69, 9.17) is 18.0 Å². The van der Waals surface area contributed by atoms with E-state index in [-0.39, 0.29) is 0 Å². The third-order valence-corrected chi connectivity index (χ3v) is 3.54. The minimum atomic E-state index is 0.406. The molecule has 0 spiro atoms. The molecule has 0 radical (unpaired) electrons. The molecule has 21 heavy (non-hydrogen) atoms. The fraction of sp³-hybridized carbons (Fsp3) is 0.0588. The SMILES string of the molecule is Cc1ccc2cccc(Nc3ccc(C(N)=S)cc3)c2n1. The number of para-hydroxylation sites is 1. The average Bonchev–Trinajstić information content (AvgIpc) is 2.48. The molecule has 3 nitrogen and oxygen atoms in total. The van der Waals surface area contributed by atoms with Gasteiger partial charge in [0.15, 0.2) is 0 Å². The first kappa shape index (κ1) is 13.5. The average molecular weight is 293 g/mol. The van der Waals surface area contributed by atoms with Gasteiger partial charge in [-0.1, -0.05) is 30.4 Å². The van der Waals surface area contributed by atoms with Crippen LogP contribution in [-0.2, 0) is 0 Å². The van der Waals surface area contributed by atoms with Gasteiger partial charge in [-0.25, -0.2) is 0 Å². The summed E-state index contributed by atoms with van der Waals surface area (Å²) in [6.45, 7) is 1.99. The lowest BCUT2D eigenvalue weighted by Gasteiger charge is -2.10. The molecule has 3 aromatic rings. The van der Waals surface area contributed by atoms with Crippen LogP contribution in [0.2, 0.25) is 0 Å². The van der Waals surface area contributed by atoms with Crippen LogP contribution < -0.4 is 11.1 Å². The van der Waals surface area contributed by atoms with E-state index in [0.717, 1.165) is 33.5 Å². The molecule has 2 aromatic carbocycles. The van der Waals surface area contributed by atoms with Gasteiger partial charge in [0, 0.05) is 22.3 Å². The molecule has 0 saturated carbocycles. The highest BCUT2D eigenvalue weighted by atomic mass is 32.1. The Bertz CT molecular complexity index is 810. The lowest BCUT2D eigenvalue weighted by molar-refractivity contribution is 1.25. The number of fused-ring (bicyclic) bond motifs is 1. The molecular weight excluding hydrogens is 278 g/mol. The Labute approximate surface area is 128 Å². The first-order valence-electron chi connectivity index (χ1n) is 6.67. The largest absolute Gasteiger partial charge is 0.389 e. The van der Waals surface area contributed by atoms with Gasteiger partial charge in [-0.05, 0) is 43.3 Å². The number of aryl methyl sites for hydroxylation is 1. The van der Waals surface area contributed by atoms with Gasteiger partial charge in [0.2, 0.25) is 0 Å². The van der Waals surface area contributed by atoms with Gasteiger partial charge in [0.25, 0.3) is 0 Å². The number of nitrogens with zero attached hydrogens (tertiary/aromatic N) is 1. The van der Waals surface area contributed by atoms with Crippen molar-refractivity contribution < 1.29 is 0 Å². The van der Waals surface area contributed by atoms with Crippen LogP contribution in [0.1, 0.15) is 11.3 Å². The summed E-state index contributed by atoms with van der Waals surface area (Å²) in [4.78, 5) is 5.02. The summed E-state index contributed by atoms with van der Waals surface area (Å²) in [6.07, 6.45) is 0. The normalized spacial score (nSPS) is 10.5. The highest BCUT2D eigenvalue weighted by Gasteiger charge is 2.04. The molecule has 104 valence electrons. The smallest absolute Gasteiger partial charge is 0.103 e. The number of anilines is 2. The molecule has 0 bridgehead atoms. The van der Waals surface area contributed by atoms with Crippen LogP contribution >= 0.6 is 12.2 Å². The fourth-order valence-electron chi connectivity index (χ4n) is 2.22. The minimum absolute atomic E-state index is 0.406. The van der Waals surface area contributed by atoms with Gasteiger partial charge in [0.1, 0.15) is 4.99 Å². The van der Waals surface area contributed by atoms with E-state index < -0.39 is 0 Å². The maximum absolute atomic E-state index is 5.61. The van der Waals surface area contributed by atoms with Gasteiger partial charge >= 0.3 is 0 Å². The van der Waals surface area contributed by atoms with Crippen molar-refractivity contribution in [3.05, 3.63) is 65.9 Å². The molecule has 0 saturated heterocycles. The Kier molecular flexibility index (Phi) is 3.54. The predicted molar refractivity (Wildman–Crippen MR) is 92.1 cm³/mol. The summed E-state index contributed by atoms with van der Waals surface area (Å²) in [6, 6.07) is 17.9. The number of pyridine rings is 1. The molecule has 0 atom stereocenters. The monoisotopic (exact) mass is 293 g/mol. The van der Waals surface area contributed by atoms with Crippen molar-refractivity contribution in [1.82, 2.24) is 4.98 Å². The lowest BCUT2D eigenvalue weighted by Crippen LogP contribution is -2.08. The summed E-state index contributed by atoms with van der Waals surface area (Å²) in [7, 11) is 0. The van der Waals surface area contributed by atoms with Crippen LogP contribution in [0, 0.1) is 6.92 Å². The van der Waals surface area contributed by atoms with Gasteiger partial charge in [-0.15, -0.1) is 0 Å². The number of hydrogen-bond acceptors (Lipinski definition) is 3. The molecule has 1 heterocycles. The van der Waals surface area contributed by atoms with Crippen LogP contribution in [0.4, 0.5) is 11.4 Å². The minimum Gasteiger partial charge on any atom is -0.389 e. The highest BCUT2D eigenvalue weighted by molar-refractivity contribution is 7.80. The van der Waals surface area contributed by atoms with E-state index in [1.54, 1.807) is 0 Å². The molecule has 0 amide bonds. The van der Waals surface area contributed by atoms with Crippen LogP contribution in [0.25, 0.3) is 10.9 Å². The third kappa shape index (κ3) is 2.85. The number of rotatable bonds is 3.